The molecule has 0 spiro atoms. The van der Waals surface area contributed by atoms with E-state index in [1.54, 1.807) is 29.8 Å². The Kier molecular flexibility index (Phi) is 6.95. The van der Waals surface area contributed by atoms with Gasteiger partial charge >= 0.3 is 0 Å². The van der Waals surface area contributed by atoms with Crippen LogP contribution in [0.25, 0.3) is 28.1 Å². The molecule has 1 fully saturated rings. The van der Waals surface area contributed by atoms with Crippen molar-refractivity contribution in [2.75, 3.05) is 33.2 Å². The minimum Gasteiger partial charge on any atom is -0.304 e. The summed E-state index contributed by atoms with van der Waals surface area (Å²) in [6.07, 6.45) is 1.83. The van der Waals surface area contributed by atoms with E-state index in [0.29, 0.717) is 23.2 Å². The highest BCUT2D eigenvalue weighted by molar-refractivity contribution is 5.69. The molecule has 1 saturated heterocycles. The maximum Gasteiger partial charge on any atom is 0.132 e. The van der Waals surface area contributed by atoms with E-state index in [1.165, 1.54) is 12.1 Å². The highest BCUT2D eigenvalue weighted by Gasteiger charge is 2.21. The van der Waals surface area contributed by atoms with Gasteiger partial charge in [-0.1, -0.05) is 36.3 Å². The maximum atomic E-state index is 15.0. The Morgan fingerprint density at radius 2 is 1.61 bits per heavy atom. The molecule has 1 aliphatic rings. The number of hydrogen-bond donors (Lipinski definition) is 0. The largest absolute Gasteiger partial charge is 0.304 e. The zero-order valence-electron chi connectivity index (χ0n) is 20.5. The van der Waals surface area contributed by atoms with Crippen molar-refractivity contribution in [1.82, 2.24) is 19.6 Å². The number of halogens is 2. The molecule has 0 radical (unpaired) electrons. The van der Waals surface area contributed by atoms with Crippen LogP contribution in [-0.4, -0.2) is 52.8 Å². The van der Waals surface area contributed by atoms with Gasteiger partial charge in [0, 0.05) is 55.0 Å². The van der Waals surface area contributed by atoms with E-state index in [2.05, 4.69) is 33.8 Å². The molecule has 4 nitrogen and oxygen atoms in total. The standard InChI is InChI=1S/C30H28F2N4/c1-3-6-22-9-14-26(29(32)19-22)23-10-12-25(13-11-23)36-30(27-7-4-5-8-28(27)31)24(20-33-36)21-35-17-15-34(2)16-18-35/h4-5,7-14,19-20H,15-18,21H2,1-2H3. The first kappa shape index (κ1) is 23.9. The van der Waals surface area contributed by atoms with Gasteiger partial charge in [0.1, 0.15) is 11.6 Å². The molecule has 0 aliphatic carbocycles. The molecule has 0 amide bonds. The number of hydrogen-bond acceptors (Lipinski definition) is 3. The van der Waals surface area contributed by atoms with Crippen LogP contribution in [0.3, 0.4) is 0 Å². The van der Waals surface area contributed by atoms with Crippen LogP contribution in [0.1, 0.15) is 18.1 Å². The molecule has 1 aliphatic heterocycles. The average Bonchev–Trinajstić information content (AvgIpc) is 3.29. The molecule has 0 bridgehead atoms. The quantitative estimate of drug-likeness (QED) is 0.346. The van der Waals surface area contributed by atoms with Crippen molar-refractivity contribution in [1.29, 1.82) is 0 Å². The maximum absolute atomic E-state index is 15.0. The van der Waals surface area contributed by atoms with E-state index in [1.807, 2.05) is 42.6 Å². The molecule has 0 N–H and O–H groups in total. The topological polar surface area (TPSA) is 24.3 Å². The highest BCUT2D eigenvalue weighted by Crippen LogP contribution is 2.31. The predicted molar refractivity (Wildman–Crippen MR) is 140 cm³/mol. The van der Waals surface area contributed by atoms with Gasteiger partial charge in [-0.2, -0.15) is 5.10 Å². The third kappa shape index (κ3) is 4.94. The smallest absolute Gasteiger partial charge is 0.132 e. The molecule has 0 unspecified atom stereocenters. The van der Waals surface area contributed by atoms with Crippen molar-refractivity contribution in [3.05, 3.63) is 95.7 Å². The minimum absolute atomic E-state index is 0.284. The van der Waals surface area contributed by atoms with Crippen LogP contribution in [0, 0.1) is 23.5 Å². The fourth-order valence-electron chi connectivity index (χ4n) is 4.63. The third-order valence-electron chi connectivity index (χ3n) is 6.63. The summed E-state index contributed by atoms with van der Waals surface area (Å²) in [6, 6.07) is 19.3. The van der Waals surface area contributed by atoms with Crippen molar-refractivity contribution in [3.8, 4) is 39.9 Å². The Balaban J connectivity index is 1.50. The first-order valence-corrected chi connectivity index (χ1v) is 12.1. The second-order valence-corrected chi connectivity index (χ2v) is 9.11. The lowest BCUT2D eigenvalue weighted by Gasteiger charge is -2.32. The van der Waals surface area contributed by atoms with E-state index in [4.69, 9.17) is 0 Å². The summed E-state index contributed by atoms with van der Waals surface area (Å²) in [6.45, 7) is 6.36. The Morgan fingerprint density at radius 1 is 0.861 bits per heavy atom. The average molecular weight is 483 g/mol. The van der Waals surface area contributed by atoms with Crippen LogP contribution in [-0.2, 0) is 6.54 Å². The van der Waals surface area contributed by atoms with Gasteiger partial charge in [-0.15, -0.1) is 5.92 Å². The number of aromatic nitrogens is 2. The fraction of sp³-hybridized carbons (Fsp3) is 0.233. The molecule has 182 valence electrons. The van der Waals surface area contributed by atoms with E-state index in [-0.39, 0.29) is 11.6 Å². The first-order chi connectivity index (χ1) is 17.5. The van der Waals surface area contributed by atoms with Gasteiger partial charge in [-0.05, 0) is 55.9 Å². The summed E-state index contributed by atoms with van der Waals surface area (Å²) in [4.78, 5) is 4.69. The van der Waals surface area contributed by atoms with Crippen LogP contribution in [0.15, 0.2) is 72.9 Å². The molecule has 0 saturated carbocycles. The van der Waals surface area contributed by atoms with E-state index >= 15 is 0 Å². The second kappa shape index (κ2) is 10.4. The number of rotatable bonds is 5. The van der Waals surface area contributed by atoms with Gasteiger partial charge in [-0.25, -0.2) is 13.5 Å². The summed E-state index contributed by atoms with van der Waals surface area (Å²) in [7, 11) is 2.13. The lowest BCUT2D eigenvalue weighted by molar-refractivity contribution is 0.148. The van der Waals surface area contributed by atoms with E-state index in [0.717, 1.165) is 48.7 Å². The molecule has 5 rings (SSSR count). The highest BCUT2D eigenvalue weighted by atomic mass is 19.1. The van der Waals surface area contributed by atoms with Gasteiger partial charge < -0.3 is 4.90 Å². The van der Waals surface area contributed by atoms with Crippen molar-refractivity contribution in [2.45, 2.75) is 13.5 Å². The van der Waals surface area contributed by atoms with Crippen molar-refractivity contribution < 1.29 is 8.78 Å². The lowest BCUT2D eigenvalue weighted by atomic mass is 10.0. The summed E-state index contributed by atoms with van der Waals surface area (Å²) in [5.41, 5.74) is 4.94. The second-order valence-electron chi connectivity index (χ2n) is 9.11. The van der Waals surface area contributed by atoms with Crippen LogP contribution >= 0.6 is 0 Å². The molecule has 3 aromatic carbocycles. The molecule has 1 aromatic heterocycles. The van der Waals surface area contributed by atoms with Crippen molar-refractivity contribution in [2.24, 2.45) is 0 Å². The normalized spacial score (nSPS) is 14.4. The lowest BCUT2D eigenvalue weighted by Crippen LogP contribution is -2.43. The van der Waals surface area contributed by atoms with Gasteiger partial charge in [0.05, 0.1) is 17.6 Å². The number of benzene rings is 3. The monoisotopic (exact) mass is 482 g/mol. The Bertz CT molecular complexity index is 1420. The van der Waals surface area contributed by atoms with E-state index in [9.17, 15) is 8.78 Å². The van der Waals surface area contributed by atoms with Crippen LogP contribution in [0.5, 0.6) is 0 Å². The van der Waals surface area contributed by atoms with Gasteiger partial charge in [0.25, 0.3) is 0 Å². The minimum atomic E-state index is -0.316. The van der Waals surface area contributed by atoms with Crippen molar-refractivity contribution in [3.63, 3.8) is 0 Å². The number of nitrogens with zero attached hydrogens (tertiary/aromatic N) is 4. The van der Waals surface area contributed by atoms with Crippen LogP contribution < -0.4 is 0 Å². The summed E-state index contributed by atoms with van der Waals surface area (Å²) in [5, 5.41) is 4.66. The molecular formula is C30H28F2N4. The zero-order chi connectivity index (χ0) is 25.1. The molecular weight excluding hydrogens is 454 g/mol. The van der Waals surface area contributed by atoms with Gasteiger partial charge in [0.15, 0.2) is 0 Å². The number of likely N-dealkylation sites (N-methyl/N-ethyl adjacent to an activating group) is 1. The third-order valence-corrected chi connectivity index (χ3v) is 6.63. The van der Waals surface area contributed by atoms with Crippen LogP contribution in [0.4, 0.5) is 8.78 Å². The predicted octanol–water partition coefficient (Wildman–Crippen LogP) is 5.60. The molecule has 36 heavy (non-hydrogen) atoms. The Morgan fingerprint density at radius 3 is 2.31 bits per heavy atom. The Labute approximate surface area is 210 Å². The molecule has 2 heterocycles. The fourth-order valence-corrected chi connectivity index (χ4v) is 4.63. The molecule has 4 aromatic rings. The first-order valence-electron chi connectivity index (χ1n) is 12.1. The van der Waals surface area contributed by atoms with Gasteiger partial charge in [-0.3, -0.25) is 4.90 Å². The summed E-state index contributed by atoms with van der Waals surface area (Å²) in [5.74, 6) is 5.07. The Hall–Kier alpha value is -3.79. The summed E-state index contributed by atoms with van der Waals surface area (Å²) < 4.78 is 31.5. The van der Waals surface area contributed by atoms with Crippen LogP contribution in [0.2, 0.25) is 0 Å². The van der Waals surface area contributed by atoms with Crippen molar-refractivity contribution >= 4 is 0 Å². The number of piperazine rings is 1. The molecule has 0 atom stereocenters. The molecule has 6 heteroatoms. The van der Waals surface area contributed by atoms with Gasteiger partial charge in [0.2, 0.25) is 0 Å². The summed E-state index contributed by atoms with van der Waals surface area (Å²) >= 11 is 0. The van der Waals surface area contributed by atoms with E-state index < -0.39 is 0 Å². The SMILES string of the molecule is CC#Cc1ccc(-c2ccc(-n3ncc(CN4CCN(C)CC4)c3-c3ccccc3F)cc2)c(F)c1. The zero-order valence-corrected chi connectivity index (χ0v) is 20.5.